The molecule has 0 aliphatic rings. The molecule has 5 heteroatoms. The fourth-order valence-corrected chi connectivity index (χ4v) is 1.18. The number of esters is 1. The highest BCUT2D eigenvalue weighted by Crippen LogP contribution is 2.18. The number of rotatable bonds is 2. The SMILES string of the molecule is CC(C)OC(=O)c1cc(Cl)cnc1Cl. The van der Waals surface area contributed by atoms with Crippen LogP contribution in [0.5, 0.6) is 0 Å². The lowest BCUT2D eigenvalue weighted by atomic mass is 10.3. The number of aromatic nitrogens is 1. The zero-order valence-electron chi connectivity index (χ0n) is 7.75. The zero-order chi connectivity index (χ0) is 10.7. The molecule has 0 N–H and O–H groups in total. The van der Waals surface area contributed by atoms with Crippen LogP contribution in [-0.4, -0.2) is 17.1 Å². The van der Waals surface area contributed by atoms with Crippen LogP contribution in [0.25, 0.3) is 0 Å². The molecule has 1 aromatic rings. The summed E-state index contributed by atoms with van der Waals surface area (Å²) in [5.74, 6) is -0.514. The molecule has 0 bridgehead atoms. The van der Waals surface area contributed by atoms with E-state index in [0.717, 1.165) is 0 Å². The van der Waals surface area contributed by atoms with Gasteiger partial charge in [0.1, 0.15) is 5.15 Å². The molecule has 76 valence electrons. The van der Waals surface area contributed by atoms with Crippen molar-refractivity contribution in [1.82, 2.24) is 4.98 Å². The summed E-state index contributed by atoms with van der Waals surface area (Å²) in [7, 11) is 0. The van der Waals surface area contributed by atoms with Crippen LogP contribution in [0.1, 0.15) is 24.2 Å². The van der Waals surface area contributed by atoms with Gasteiger partial charge in [-0.3, -0.25) is 0 Å². The summed E-state index contributed by atoms with van der Waals surface area (Å²) in [6, 6.07) is 1.43. The highest BCUT2D eigenvalue weighted by Gasteiger charge is 2.14. The number of carbonyl (C=O) groups is 1. The van der Waals surface area contributed by atoms with Gasteiger partial charge in [0.25, 0.3) is 0 Å². The number of carbonyl (C=O) groups excluding carboxylic acids is 1. The van der Waals surface area contributed by atoms with Crippen molar-refractivity contribution in [2.75, 3.05) is 0 Å². The zero-order valence-corrected chi connectivity index (χ0v) is 9.26. The Labute approximate surface area is 92.0 Å². The van der Waals surface area contributed by atoms with Gasteiger partial charge < -0.3 is 4.74 Å². The fraction of sp³-hybridized carbons (Fsp3) is 0.333. The normalized spacial score (nSPS) is 10.4. The van der Waals surface area contributed by atoms with Crippen LogP contribution < -0.4 is 0 Å². The molecule has 0 unspecified atom stereocenters. The van der Waals surface area contributed by atoms with Gasteiger partial charge >= 0.3 is 5.97 Å². The van der Waals surface area contributed by atoms with Crippen molar-refractivity contribution in [2.45, 2.75) is 20.0 Å². The van der Waals surface area contributed by atoms with Crippen LogP contribution in [0.4, 0.5) is 0 Å². The second-order valence-electron chi connectivity index (χ2n) is 2.95. The van der Waals surface area contributed by atoms with Gasteiger partial charge in [0.15, 0.2) is 0 Å². The maximum absolute atomic E-state index is 11.4. The Morgan fingerprint density at radius 3 is 2.71 bits per heavy atom. The summed E-state index contributed by atoms with van der Waals surface area (Å²) < 4.78 is 4.95. The first kappa shape index (κ1) is 11.3. The lowest BCUT2D eigenvalue weighted by Gasteiger charge is -2.08. The molecule has 0 saturated carbocycles. The van der Waals surface area contributed by atoms with Crippen molar-refractivity contribution >= 4 is 29.2 Å². The molecule has 1 rings (SSSR count). The Balaban J connectivity index is 2.94. The number of ether oxygens (including phenoxy) is 1. The highest BCUT2D eigenvalue weighted by molar-refractivity contribution is 6.34. The Bertz CT molecular complexity index is 353. The maximum Gasteiger partial charge on any atom is 0.341 e. The van der Waals surface area contributed by atoms with Crippen molar-refractivity contribution in [3.63, 3.8) is 0 Å². The average Bonchev–Trinajstić information content (AvgIpc) is 2.08. The van der Waals surface area contributed by atoms with E-state index in [2.05, 4.69) is 4.98 Å². The van der Waals surface area contributed by atoms with Crippen molar-refractivity contribution in [1.29, 1.82) is 0 Å². The Morgan fingerprint density at radius 1 is 1.50 bits per heavy atom. The van der Waals surface area contributed by atoms with Gasteiger partial charge in [0, 0.05) is 6.20 Å². The van der Waals surface area contributed by atoms with Crippen LogP contribution >= 0.6 is 23.2 Å². The standard InChI is InChI=1S/C9H9Cl2NO2/c1-5(2)14-9(13)7-3-6(10)4-12-8(7)11/h3-5H,1-2H3. The summed E-state index contributed by atoms with van der Waals surface area (Å²) in [6.07, 6.45) is 1.17. The third-order valence-electron chi connectivity index (χ3n) is 1.37. The minimum Gasteiger partial charge on any atom is -0.459 e. The molecule has 0 amide bonds. The Morgan fingerprint density at radius 2 is 2.14 bits per heavy atom. The van der Waals surface area contributed by atoms with E-state index in [9.17, 15) is 4.79 Å². The monoisotopic (exact) mass is 233 g/mol. The summed E-state index contributed by atoms with van der Waals surface area (Å²) in [5.41, 5.74) is 0.188. The molecule has 0 aliphatic heterocycles. The molecule has 0 spiro atoms. The minimum absolute atomic E-state index is 0.0973. The molecule has 1 heterocycles. The molecular weight excluding hydrogens is 225 g/mol. The van der Waals surface area contributed by atoms with Crippen LogP contribution in [0.2, 0.25) is 10.2 Å². The van der Waals surface area contributed by atoms with Gasteiger partial charge in [0.2, 0.25) is 0 Å². The summed E-state index contributed by atoms with van der Waals surface area (Å²) >= 11 is 11.4. The summed E-state index contributed by atoms with van der Waals surface area (Å²) in [5, 5.41) is 0.449. The van der Waals surface area contributed by atoms with Crippen LogP contribution in [0.3, 0.4) is 0 Å². The van der Waals surface area contributed by atoms with Gasteiger partial charge in [-0.2, -0.15) is 0 Å². The van der Waals surface area contributed by atoms with Gasteiger partial charge in [0.05, 0.1) is 16.7 Å². The predicted octanol–water partition coefficient (Wildman–Crippen LogP) is 2.95. The molecule has 0 atom stereocenters. The van der Waals surface area contributed by atoms with Crippen LogP contribution in [-0.2, 0) is 4.74 Å². The average molecular weight is 234 g/mol. The number of halogens is 2. The van der Waals surface area contributed by atoms with Gasteiger partial charge in [-0.25, -0.2) is 9.78 Å². The molecular formula is C9H9Cl2NO2. The first-order chi connectivity index (χ1) is 6.50. The van der Waals surface area contributed by atoms with Crippen LogP contribution in [0.15, 0.2) is 12.3 Å². The Kier molecular flexibility index (Phi) is 3.72. The molecule has 3 nitrogen and oxygen atoms in total. The first-order valence-electron chi connectivity index (χ1n) is 4.02. The van der Waals surface area contributed by atoms with Crippen molar-refractivity contribution < 1.29 is 9.53 Å². The van der Waals surface area contributed by atoms with E-state index in [1.54, 1.807) is 13.8 Å². The van der Waals surface area contributed by atoms with Crippen LogP contribution in [0, 0.1) is 0 Å². The first-order valence-corrected chi connectivity index (χ1v) is 4.78. The van der Waals surface area contributed by atoms with E-state index < -0.39 is 5.97 Å². The molecule has 14 heavy (non-hydrogen) atoms. The maximum atomic E-state index is 11.4. The van der Waals surface area contributed by atoms with Gasteiger partial charge in [-0.15, -0.1) is 0 Å². The van der Waals surface area contributed by atoms with Crippen molar-refractivity contribution in [2.24, 2.45) is 0 Å². The van der Waals surface area contributed by atoms with Crippen molar-refractivity contribution in [3.05, 3.63) is 28.0 Å². The fourth-order valence-electron chi connectivity index (χ4n) is 0.843. The van der Waals surface area contributed by atoms with E-state index >= 15 is 0 Å². The third kappa shape index (κ3) is 2.86. The van der Waals surface area contributed by atoms with E-state index in [-0.39, 0.29) is 16.8 Å². The lowest BCUT2D eigenvalue weighted by Crippen LogP contribution is -2.12. The highest BCUT2D eigenvalue weighted by atomic mass is 35.5. The van der Waals surface area contributed by atoms with E-state index in [1.807, 2.05) is 0 Å². The molecule has 0 aliphatic carbocycles. The predicted molar refractivity (Wildman–Crippen MR) is 54.8 cm³/mol. The Hall–Kier alpha value is -0.800. The molecule has 0 fully saturated rings. The number of hydrogen-bond acceptors (Lipinski definition) is 3. The van der Waals surface area contributed by atoms with Crippen molar-refractivity contribution in [3.8, 4) is 0 Å². The summed E-state index contributed by atoms with van der Waals surface area (Å²) in [6.45, 7) is 3.51. The number of pyridine rings is 1. The number of nitrogens with zero attached hydrogens (tertiary/aromatic N) is 1. The topological polar surface area (TPSA) is 39.2 Å². The second-order valence-corrected chi connectivity index (χ2v) is 3.74. The van der Waals surface area contributed by atoms with E-state index in [0.29, 0.717) is 5.02 Å². The molecule has 0 aromatic carbocycles. The van der Waals surface area contributed by atoms with E-state index in [4.69, 9.17) is 27.9 Å². The second kappa shape index (κ2) is 4.62. The van der Waals surface area contributed by atoms with Gasteiger partial charge in [-0.1, -0.05) is 23.2 Å². The molecule has 1 aromatic heterocycles. The lowest BCUT2D eigenvalue weighted by molar-refractivity contribution is 0.0377. The molecule has 0 saturated heterocycles. The number of hydrogen-bond donors (Lipinski definition) is 0. The smallest absolute Gasteiger partial charge is 0.341 e. The third-order valence-corrected chi connectivity index (χ3v) is 1.88. The largest absolute Gasteiger partial charge is 0.459 e. The van der Waals surface area contributed by atoms with Gasteiger partial charge in [-0.05, 0) is 19.9 Å². The summed E-state index contributed by atoms with van der Waals surface area (Å²) in [4.78, 5) is 15.2. The minimum atomic E-state index is -0.514. The quantitative estimate of drug-likeness (QED) is 0.583. The molecule has 0 radical (unpaired) electrons. The van der Waals surface area contributed by atoms with E-state index in [1.165, 1.54) is 12.3 Å².